The van der Waals surface area contributed by atoms with Crippen molar-refractivity contribution in [3.05, 3.63) is 21.9 Å². The first-order chi connectivity index (χ1) is 8.09. The number of thiophene rings is 1. The quantitative estimate of drug-likeness (QED) is 0.845. The number of amides is 1. The molecular formula is C12H17ClN2O2S. The van der Waals surface area contributed by atoms with Crippen LogP contribution in [0.3, 0.4) is 0 Å². The third-order valence-electron chi connectivity index (χ3n) is 2.93. The molecule has 1 aromatic heterocycles. The van der Waals surface area contributed by atoms with Crippen LogP contribution in [0.1, 0.15) is 33.2 Å². The van der Waals surface area contributed by atoms with Crippen molar-refractivity contribution < 1.29 is 9.59 Å². The van der Waals surface area contributed by atoms with Gasteiger partial charge in [-0.25, -0.2) is 0 Å². The Kier molecular flexibility index (Phi) is 5.31. The zero-order valence-electron chi connectivity index (χ0n) is 10.4. The van der Waals surface area contributed by atoms with Crippen molar-refractivity contribution in [3.8, 4) is 0 Å². The van der Waals surface area contributed by atoms with Crippen LogP contribution >= 0.6 is 23.7 Å². The first-order valence-electron chi connectivity index (χ1n) is 5.72. The molecule has 2 heterocycles. The van der Waals surface area contributed by atoms with E-state index in [-0.39, 0.29) is 30.1 Å². The van der Waals surface area contributed by atoms with E-state index in [0.29, 0.717) is 9.75 Å². The van der Waals surface area contributed by atoms with E-state index in [1.54, 1.807) is 12.1 Å². The van der Waals surface area contributed by atoms with Crippen LogP contribution in [0.4, 0.5) is 0 Å². The van der Waals surface area contributed by atoms with Crippen LogP contribution in [-0.4, -0.2) is 42.3 Å². The van der Waals surface area contributed by atoms with Gasteiger partial charge >= 0.3 is 0 Å². The molecule has 1 aliphatic heterocycles. The van der Waals surface area contributed by atoms with Gasteiger partial charge in [0.2, 0.25) is 0 Å². The Hall–Kier alpha value is -0.910. The summed E-state index contributed by atoms with van der Waals surface area (Å²) in [5, 5.41) is 3.25. The lowest BCUT2D eigenvalue weighted by atomic mass is 10.2. The minimum atomic E-state index is 0. The first-order valence-corrected chi connectivity index (χ1v) is 6.53. The second-order valence-electron chi connectivity index (χ2n) is 4.27. The SMILES string of the molecule is CC(=O)c1ccc(C(=O)N2CCNC[C@H]2C)s1.Cl. The van der Waals surface area contributed by atoms with Crippen LogP contribution in [0, 0.1) is 0 Å². The van der Waals surface area contributed by atoms with Crippen LogP contribution < -0.4 is 5.32 Å². The van der Waals surface area contributed by atoms with Gasteiger partial charge in [-0.2, -0.15) is 0 Å². The Labute approximate surface area is 117 Å². The highest BCUT2D eigenvalue weighted by Crippen LogP contribution is 2.20. The van der Waals surface area contributed by atoms with E-state index in [4.69, 9.17) is 0 Å². The van der Waals surface area contributed by atoms with Crippen molar-refractivity contribution >= 4 is 35.4 Å². The van der Waals surface area contributed by atoms with Crippen molar-refractivity contribution in [2.45, 2.75) is 19.9 Å². The number of hydrogen-bond donors (Lipinski definition) is 1. The van der Waals surface area contributed by atoms with Gasteiger partial charge in [-0.1, -0.05) is 0 Å². The van der Waals surface area contributed by atoms with Crippen LogP contribution in [0.2, 0.25) is 0 Å². The smallest absolute Gasteiger partial charge is 0.264 e. The van der Waals surface area contributed by atoms with Crippen LogP contribution in [0.5, 0.6) is 0 Å². The summed E-state index contributed by atoms with van der Waals surface area (Å²) in [6.07, 6.45) is 0. The Balaban J connectivity index is 0.00000162. The molecule has 1 atom stereocenters. The predicted molar refractivity (Wildman–Crippen MR) is 74.9 cm³/mol. The first kappa shape index (κ1) is 15.1. The van der Waals surface area contributed by atoms with Crippen LogP contribution in [-0.2, 0) is 0 Å². The van der Waals surface area contributed by atoms with Crippen LogP contribution in [0.25, 0.3) is 0 Å². The number of carbonyl (C=O) groups excluding carboxylic acids is 2. The number of nitrogens with one attached hydrogen (secondary N) is 1. The van der Waals surface area contributed by atoms with Crippen molar-refractivity contribution in [3.63, 3.8) is 0 Å². The Morgan fingerprint density at radius 2 is 2.06 bits per heavy atom. The summed E-state index contributed by atoms with van der Waals surface area (Å²) in [6.45, 7) is 5.95. The van der Waals surface area contributed by atoms with Crippen molar-refractivity contribution in [1.29, 1.82) is 0 Å². The molecule has 0 radical (unpaired) electrons. The van der Waals surface area contributed by atoms with E-state index >= 15 is 0 Å². The lowest BCUT2D eigenvalue weighted by Crippen LogP contribution is -2.52. The minimum Gasteiger partial charge on any atom is -0.333 e. The molecule has 2 rings (SSSR count). The van der Waals surface area contributed by atoms with Gasteiger partial charge in [0.15, 0.2) is 5.78 Å². The lowest BCUT2D eigenvalue weighted by molar-refractivity contribution is 0.0660. The van der Waals surface area contributed by atoms with E-state index < -0.39 is 0 Å². The van der Waals surface area contributed by atoms with Crippen LogP contribution in [0.15, 0.2) is 12.1 Å². The number of carbonyl (C=O) groups is 2. The molecular weight excluding hydrogens is 272 g/mol. The number of halogens is 1. The molecule has 1 aromatic rings. The zero-order chi connectivity index (χ0) is 12.4. The fourth-order valence-electron chi connectivity index (χ4n) is 1.93. The highest BCUT2D eigenvalue weighted by Gasteiger charge is 2.25. The van der Waals surface area contributed by atoms with E-state index in [1.165, 1.54) is 18.3 Å². The largest absolute Gasteiger partial charge is 0.333 e. The van der Waals surface area contributed by atoms with E-state index in [2.05, 4.69) is 5.32 Å². The summed E-state index contributed by atoms with van der Waals surface area (Å²) in [6, 6.07) is 3.69. The Bertz CT molecular complexity index is 447. The molecule has 1 fully saturated rings. The van der Waals surface area contributed by atoms with E-state index in [1.807, 2.05) is 11.8 Å². The Morgan fingerprint density at radius 1 is 1.39 bits per heavy atom. The van der Waals surface area contributed by atoms with Gasteiger partial charge in [-0.05, 0) is 26.0 Å². The molecule has 0 aliphatic carbocycles. The molecule has 0 aromatic carbocycles. The van der Waals surface area contributed by atoms with Crippen molar-refractivity contribution in [2.75, 3.05) is 19.6 Å². The van der Waals surface area contributed by atoms with E-state index in [9.17, 15) is 9.59 Å². The molecule has 0 spiro atoms. The fourth-order valence-corrected chi connectivity index (χ4v) is 2.78. The predicted octanol–water partition coefficient (Wildman–Crippen LogP) is 1.81. The molecule has 1 aliphatic rings. The highest BCUT2D eigenvalue weighted by molar-refractivity contribution is 7.15. The van der Waals surface area contributed by atoms with Crippen molar-refractivity contribution in [1.82, 2.24) is 10.2 Å². The molecule has 1 saturated heterocycles. The Morgan fingerprint density at radius 3 is 2.61 bits per heavy atom. The summed E-state index contributed by atoms with van der Waals surface area (Å²) in [7, 11) is 0. The van der Waals surface area contributed by atoms with Gasteiger partial charge in [0.05, 0.1) is 9.75 Å². The second kappa shape index (κ2) is 6.31. The van der Waals surface area contributed by atoms with E-state index in [0.717, 1.165) is 19.6 Å². The number of hydrogen-bond acceptors (Lipinski definition) is 4. The maximum atomic E-state index is 12.2. The molecule has 100 valence electrons. The van der Waals surface area contributed by atoms with Gasteiger partial charge in [-0.15, -0.1) is 23.7 Å². The summed E-state index contributed by atoms with van der Waals surface area (Å²) < 4.78 is 0. The molecule has 0 saturated carbocycles. The minimum absolute atomic E-state index is 0. The zero-order valence-corrected chi connectivity index (χ0v) is 12.1. The van der Waals surface area contributed by atoms with Gasteiger partial charge in [0.25, 0.3) is 5.91 Å². The van der Waals surface area contributed by atoms with Gasteiger partial charge in [0.1, 0.15) is 0 Å². The average molecular weight is 289 g/mol. The second-order valence-corrected chi connectivity index (χ2v) is 5.36. The molecule has 6 heteroatoms. The molecule has 0 unspecified atom stereocenters. The van der Waals surface area contributed by atoms with Crippen molar-refractivity contribution in [2.24, 2.45) is 0 Å². The van der Waals surface area contributed by atoms with Gasteiger partial charge < -0.3 is 10.2 Å². The monoisotopic (exact) mass is 288 g/mol. The molecule has 0 bridgehead atoms. The number of nitrogens with zero attached hydrogens (tertiary/aromatic N) is 1. The third-order valence-corrected chi connectivity index (χ3v) is 4.10. The summed E-state index contributed by atoms with van der Waals surface area (Å²) >= 11 is 1.28. The number of ketones is 1. The fraction of sp³-hybridized carbons (Fsp3) is 0.500. The van der Waals surface area contributed by atoms with Gasteiger partial charge in [-0.3, -0.25) is 9.59 Å². The highest BCUT2D eigenvalue weighted by atomic mass is 35.5. The number of Topliss-reactive ketones (excluding diaryl/α,β-unsaturated/α-hetero) is 1. The molecule has 1 N–H and O–H groups in total. The molecule has 1 amide bonds. The topological polar surface area (TPSA) is 49.4 Å². The standard InChI is InChI=1S/C12H16N2O2S.ClH/c1-8-7-13-5-6-14(8)12(16)11-4-3-10(17-11)9(2)15;/h3-4,8,13H,5-7H2,1-2H3;1H/t8-;/m1./s1. The number of rotatable bonds is 2. The molecule has 18 heavy (non-hydrogen) atoms. The lowest BCUT2D eigenvalue weighted by Gasteiger charge is -2.33. The third kappa shape index (κ3) is 3.10. The maximum absolute atomic E-state index is 12.2. The normalized spacial score (nSPS) is 19.2. The maximum Gasteiger partial charge on any atom is 0.264 e. The summed E-state index contributed by atoms with van der Waals surface area (Å²) in [4.78, 5) is 26.6. The molecule has 4 nitrogen and oxygen atoms in total. The average Bonchev–Trinajstić information content (AvgIpc) is 2.78. The number of piperazine rings is 1. The summed E-state index contributed by atoms with van der Waals surface area (Å²) in [5.41, 5.74) is 0. The summed E-state index contributed by atoms with van der Waals surface area (Å²) in [5.74, 6) is 0.0545. The van der Waals surface area contributed by atoms with Gasteiger partial charge in [0, 0.05) is 25.7 Å².